The van der Waals surface area contributed by atoms with E-state index in [2.05, 4.69) is 10.6 Å². The Labute approximate surface area is 167 Å². The van der Waals surface area contributed by atoms with Crippen LogP contribution >= 0.6 is 0 Å². The molecule has 0 bridgehead atoms. The molecule has 2 N–H and O–H groups in total. The fourth-order valence-electron chi connectivity index (χ4n) is 3.36. The minimum atomic E-state index is -0.535. The zero-order chi connectivity index (χ0) is 20.7. The number of benzene rings is 1. The van der Waals surface area contributed by atoms with Gasteiger partial charge < -0.3 is 24.8 Å². The molecule has 1 aliphatic rings. The lowest BCUT2D eigenvalue weighted by Gasteiger charge is -2.30. The summed E-state index contributed by atoms with van der Waals surface area (Å²) in [4.78, 5) is 24.6. The molecule has 7 heteroatoms. The average molecular weight is 392 g/mol. The molecule has 0 aliphatic heterocycles. The summed E-state index contributed by atoms with van der Waals surface area (Å²) in [5.41, 5.74) is 0.350. The lowest BCUT2D eigenvalue weighted by molar-refractivity contribution is -0.126. The number of carbonyl (C=O) groups is 2. The largest absolute Gasteiger partial charge is 0.497 e. The molecule has 0 heterocycles. The lowest BCUT2D eigenvalue weighted by Crippen LogP contribution is -2.44. The van der Waals surface area contributed by atoms with Crippen LogP contribution in [-0.4, -0.2) is 37.9 Å². The van der Waals surface area contributed by atoms with E-state index in [1.54, 1.807) is 20.3 Å². The molecule has 156 valence electrons. The van der Waals surface area contributed by atoms with Crippen molar-refractivity contribution in [2.45, 2.75) is 64.6 Å². The highest BCUT2D eigenvalue weighted by molar-refractivity contribution is 5.79. The SMILES string of the molecule is COc1ccc(CNC(=O)C2CCCC(NC(=O)OC(C)(C)C)C2)c(OC)c1. The van der Waals surface area contributed by atoms with E-state index >= 15 is 0 Å². The minimum absolute atomic E-state index is 0.00596. The van der Waals surface area contributed by atoms with Gasteiger partial charge in [-0.15, -0.1) is 0 Å². The number of nitrogens with one attached hydrogen (secondary N) is 2. The first-order valence-electron chi connectivity index (χ1n) is 9.70. The summed E-state index contributed by atoms with van der Waals surface area (Å²) in [6.07, 6.45) is 2.75. The predicted octanol–water partition coefficient (Wildman–Crippen LogP) is 3.40. The summed E-state index contributed by atoms with van der Waals surface area (Å²) >= 11 is 0. The van der Waals surface area contributed by atoms with E-state index in [4.69, 9.17) is 14.2 Å². The van der Waals surface area contributed by atoms with Crippen molar-refractivity contribution < 1.29 is 23.8 Å². The van der Waals surface area contributed by atoms with Crippen molar-refractivity contribution >= 4 is 12.0 Å². The van der Waals surface area contributed by atoms with E-state index in [-0.39, 0.29) is 17.9 Å². The molecule has 2 atom stereocenters. The van der Waals surface area contributed by atoms with Gasteiger partial charge in [0.1, 0.15) is 17.1 Å². The first kappa shape index (κ1) is 21.9. The van der Waals surface area contributed by atoms with Gasteiger partial charge in [-0.25, -0.2) is 4.79 Å². The number of amides is 2. The molecular formula is C21H32N2O5. The molecule has 7 nitrogen and oxygen atoms in total. The predicted molar refractivity (Wildman–Crippen MR) is 107 cm³/mol. The fraction of sp³-hybridized carbons (Fsp3) is 0.619. The molecule has 28 heavy (non-hydrogen) atoms. The van der Waals surface area contributed by atoms with Gasteiger partial charge in [-0.1, -0.05) is 6.42 Å². The second-order valence-electron chi connectivity index (χ2n) is 8.10. The Kier molecular flexibility index (Phi) is 7.54. The van der Waals surface area contributed by atoms with Gasteiger partial charge in [0.25, 0.3) is 0 Å². The Morgan fingerprint density at radius 3 is 2.54 bits per heavy atom. The molecule has 0 aromatic heterocycles. The van der Waals surface area contributed by atoms with Crippen LogP contribution in [0.3, 0.4) is 0 Å². The van der Waals surface area contributed by atoms with Crippen LogP contribution in [0, 0.1) is 5.92 Å². The van der Waals surface area contributed by atoms with E-state index in [0.717, 1.165) is 24.8 Å². The van der Waals surface area contributed by atoms with Crippen molar-refractivity contribution in [3.8, 4) is 11.5 Å². The zero-order valence-electron chi connectivity index (χ0n) is 17.5. The van der Waals surface area contributed by atoms with E-state index in [1.807, 2.05) is 32.9 Å². The molecule has 2 unspecified atom stereocenters. The third kappa shape index (κ3) is 6.62. The molecule has 1 aliphatic carbocycles. The van der Waals surface area contributed by atoms with Crippen LogP contribution in [-0.2, 0) is 16.1 Å². The number of hydrogen-bond donors (Lipinski definition) is 2. The number of ether oxygens (including phenoxy) is 3. The van der Waals surface area contributed by atoms with Crippen molar-refractivity contribution in [1.29, 1.82) is 0 Å². The zero-order valence-corrected chi connectivity index (χ0v) is 17.5. The Morgan fingerprint density at radius 2 is 1.89 bits per heavy atom. The van der Waals surface area contributed by atoms with Gasteiger partial charge in [-0.05, 0) is 52.2 Å². The maximum absolute atomic E-state index is 12.6. The molecule has 1 saturated carbocycles. The van der Waals surface area contributed by atoms with Crippen molar-refractivity contribution in [3.05, 3.63) is 23.8 Å². The Bertz CT molecular complexity index is 684. The van der Waals surface area contributed by atoms with Crippen molar-refractivity contribution in [3.63, 3.8) is 0 Å². The summed E-state index contributed by atoms with van der Waals surface area (Å²) < 4.78 is 15.9. The molecule has 2 rings (SSSR count). The number of hydrogen-bond acceptors (Lipinski definition) is 5. The van der Waals surface area contributed by atoms with E-state index < -0.39 is 11.7 Å². The first-order chi connectivity index (χ1) is 13.2. The molecule has 1 fully saturated rings. The van der Waals surface area contributed by atoms with Crippen molar-refractivity contribution in [2.75, 3.05) is 14.2 Å². The normalized spacial score (nSPS) is 19.5. The van der Waals surface area contributed by atoms with E-state index in [0.29, 0.717) is 24.5 Å². The van der Waals surface area contributed by atoms with Gasteiger partial charge >= 0.3 is 6.09 Å². The highest BCUT2D eigenvalue weighted by Gasteiger charge is 2.29. The second kappa shape index (κ2) is 9.66. The van der Waals surface area contributed by atoms with Crippen molar-refractivity contribution in [2.24, 2.45) is 5.92 Å². The van der Waals surface area contributed by atoms with Gasteiger partial charge in [0, 0.05) is 30.1 Å². The lowest BCUT2D eigenvalue weighted by atomic mass is 9.85. The number of carbonyl (C=O) groups excluding carboxylic acids is 2. The molecule has 0 saturated heterocycles. The molecule has 2 amide bonds. The number of rotatable bonds is 6. The minimum Gasteiger partial charge on any atom is -0.497 e. The smallest absolute Gasteiger partial charge is 0.407 e. The third-order valence-corrected chi connectivity index (χ3v) is 4.71. The third-order valence-electron chi connectivity index (χ3n) is 4.71. The molecule has 1 aromatic rings. The fourth-order valence-corrected chi connectivity index (χ4v) is 3.36. The summed E-state index contributed by atoms with van der Waals surface area (Å²) in [5, 5.41) is 5.88. The van der Waals surface area contributed by atoms with Gasteiger partial charge in [0.2, 0.25) is 5.91 Å². The van der Waals surface area contributed by atoms with E-state index in [9.17, 15) is 9.59 Å². The monoisotopic (exact) mass is 392 g/mol. The van der Waals surface area contributed by atoms with Crippen LogP contribution in [0.2, 0.25) is 0 Å². The number of methoxy groups -OCH3 is 2. The summed E-state index contributed by atoms with van der Waals surface area (Å²) in [5.74, 6) is 1.24. The summed E-state index contributed by atoms with van der Waals surface area (Å²) in [7, 11) is 3.19. The second-order valence-corrected chi connectivity index (χ2v) is 8.10. The van der Waals surface area contributed by atoms with Crippen LogP contribution in [0.15, 0.2) is 18.2 Å². The van der Waals surface area contributed by atoms with Crippen LogP contribution in [0.1, 0.15) is 52.0 Å². The topological polar surface area (TPSA) is 85.9 Å². The maximum atomic E-state index is 12.6. The standard InChI is InChI=1S/C21H32N2O5/c1-21(2,3)28-20(25)23-16-8-6-7-14(11-16)19(24)22-13-15-9-10-17(26-4)12-18(15)27-5/h9-10,12,14,16H,6-8,11,13H2,1-5H3,(H,22,24)(H,23,25). The Morgan fingerprint density at radius 1 is 1.14 bits per heavy atom. The number of alkyl carbamates (subject to hydrolysis) is 1. The van der Waals surface area contributed by atoms with Crippen LogP contribution < -0.4 is 20.1 Å². The Balaban J connectivity index is 1.88. The highest BCUT2D eigenvalue weighted by atomic mass is 16.6. The molecule has 0 radical (unpaired) electrons. The summed E-state index contributed by atoms with van der Waals surface area (Å²) in [6.45, 7) is 5.87. The van der Waals surface area contributed by atoms with Gasteiger partial charge in [-0.3, -0.25) is 4.79 Å². The van der Waals surface area contributed by atoms with E-state index in [1.165, 1.54) is 0 Å². The molecular weight excluding hydrogens is 360 g/mol. The van der Waals surface area contributed by atoms with Gasteiger partial charge in [0.15, 0.2) is 0 Å². The average Bonchev–Trinajstić information content (AvgIpc) is 2.64. The maximum Gasteiger partial charge on any atom is 0.407 e. The highest BCUT2D eigenvalue weighted by Crippen LogP contribution is 2.27. The molecule has 1 aromatic carbocycles. The van der Waals surface area contributed by atoms with Crippen LogP contribution in [0.25, 0.3) is 0 Å². The van der Waals surface area contributed by atoms with Crippen LogP contribution in [0.5, 0.6) is 11.5 Å². The van der Waals surface area contributed by atoms with Crippen molar-refractivity contribution in [1.82, 2.24) is 10.6 Å². The Hall–Kier alpha value is -2.44. The van der Waals surface area contributed by atoms with Gasteiger partial charge in [-0.2, -0.15) is 0 Å². The molecule has 0 spiro atoms. The van der Waals surface area contributed by atoms with Crippen LogP contribution in [0.4, 0.5) is 4.79 Å². The van der Waals surface area contributed by atoms with Gasteiger partial charge in [0.05, 0.1) is 14.2 Å². The quantitative estimate of drug-likeness (QED) is 0.775. The summed E-state index contributed by atoms with van der Waals surface area (Å²) in [6, 6.07) is 5.47. The first-order valence-corrected chi connectivity index (χ1v) is 9.70.